The number of carbonyl (C=O) groups excluding carboxylic acids is 2. The third-order valence-electron chi connectivity index (χ3n) is 5.58. The molecule has 1 atom stereocenters. The van der Waals surface area contributed by atoms with Crippen LogP contribution in [0.15, 0.2) is 48.0 Å². The maximum absolute atomic E-state index is 13.0. The number of hydrogen-bond donors (Lipinski definition) is 2. The lowest BCUT2D eigenvalue weighted by Crippen LogP contribution is -2.37. The molecule has 1 aliphatic heterocycles. The molecule has 1 saturated carbocycles. The number of halogens is 2. The fraction of sp³-hybridized carbons (Fsp3) is 0.273. The lowest BCUT2D eigenvalue weighted by molar-refractivity contribution is -0.141. The molecule has 5 nitrogen and oxygen atoms in total. The number of benzene rings is 2. The van der Waals surface area contributed by atoms with Gasteiger partial charge in [-0.15, -0.1) is 0 Å². The minimum atomic E-state index is -0.782. The molecule has 7 heteroatoms. The first kappa shape index (κ1) is 19.8. The van der Waals surface area contributed by atoms with Gasteiger partial charge in [-0.05, 0) is 42.7 Å². The Balaban J connectivity index is 1.91. The number of carbonyl (C=O) groups is 2. The van der Waals surface area contributed by atoms with E-state index in [1.54, 1.807) is 35.2 Å². The Bertz CT molecular complexity index is 1030. The number of Topliss-reactive ketones (excluding diaryl/α,β-unsaturated/α-hetero) is 1. The first-order valence-electron chi connectivity index (χ1n) is 9.43. The van der Waals surface area contributed by atoms with E-state index in [4.69, 9.17) is 23.2 Å². The molecule has 29 heavy (non-hydrogen) atoms. The zero-order valence-electron chi connectivity index (χ0n) is 15.4. The number of amides is 1. The zero-order valence-corrected chi connectivity index (χ0v) is 17.0. The summed E-state index contributed by atoms with van der Waals surface area (Å²) in [5.41, 5.74) is 0.921. The van der Waals surface area contributed by atoms with Gasteiger partial charge in [0.1, 0.15) is 11.5 Å². The van der Waals surface area contributed by atoms with Gasteiger partial charge in [0.05, 0.1) is 16.6 Å². The first-order chi connectivity index (χ1) is 13.9. The molecule has 1 unspecified atom stereocenters. The highest BCUT2D eigenvalue weighted by Crippen LogP contribution is 2.44. The summed E-state index contributed by atoms with van der Waals surface area (Å²) in [5, 5.41) is 21.3. The number of phenolic OH excluding ortho intramolecular Hbond substituents is 1. The van der Waals surface area contributed by atoms with E-state index in [0.717, 1.165) is 25.7 Å². The van der Waals surface area contributed by atoms with Gasteiger partial charge in [0.25, 0.3) is 11.7 Å². The summed E-state index contributed by atoms with van der Waals surface area (Å²) in [7, 11) is 0. The van der Waals surface area contributed by atoms with E-state index in [0.29, 0.717) is 16.1 Å². The third-order valence-corrected chi connectivity index (χ3v) is 6.12. The summed E-state index contributed by atoms with van der Waals surface area (Å²) in [6, 6.07) is 10.2. The van der Waals surface area contributed by atoms with Gasteiger partial charge in [0, 0.05) is 16.6 Å². The highest BCUT2D eigenvalue weighted by molar-refractivity contribution is 6.46. The molecule has 150 valence electrons. The van der Waals surface area contributed by atoms with Crippen molar-refractivity contribution in [3.63, 3.8) is 0 Å². The molecule has 1 heterocycles. The van der Waals surface area contributed by atoms with Crippen LogP contribution in [0.3, 0.4) is 0 Å². The fourth-order valence-electron chi connectivity index (χ4n) is 4.22. The Labute approximate surface area is 178 Å². The van der Waals surface area contributed by atoms with Crippen molar-refractivity contribution in [3.8, 4) is 5.75 Å². The van der Waals surface area contributed by atoms with Gasteiger partial charge >= 0.3 is 0 Å². The van der Waals surface area contributed by atoms with Crippen LogP contribution < -0.4 is 0 Å². The SMILES string of the molecule is O=C1C(=O)N(C2CCCC2)C(c2ccc(O)c(Cl)c2)/C1=C(/O)c1cccc(Cl)c1. The molecule has 2 aliphatic rings. The number of aliphatic hydroxyl groups excluding tert-OH is 1. The summed E-state index contributed by atoms with van der Waals surface area (Å²) >= 11 is 12.1. The van der Waals surface area contributed by atoms with Gasteiger partial charge in [-0.3, -0.25) is 9.59 Å². The second kappa shape index (κ2) is 7.73. The van der Waals surface area contributed by atoms with E-state index in [9.17, 15) is 19.8 Å². The second-order valence-electron chi connectivity index (χ2n) is 7.37. The number of hydrogen-bond acceptors (Lipinski definition) is 4. The van der Waals surface area contributed by atoms with E-state index in [2.05, 4.69) is 0 Å². The molecule has 1 aliphatic carbocycles. The molecule has 0 bridgehead atoms. The molecule has 0 radical (unpaired) electrons. The molecular weight excluding hydrogens is 413 g/mol. The van der Waals surface area contributed by atoms with Crippen LogP contribution in [0, 0.1) is 0 Å². The number of likely N-dealkylation sites (tertiary alicyclic amines) is 1. The van der Waals surface area contributed by atoms with Crippen molar-refractivity contribution in [1.82, 2.24) is 4.90 Å². The van der Waals surface area contributed by atoms with E-state index >= 15 is 0 Å². The van der Waals surface area contributed by atoms with Crippen LogP contribution in [0.25, 0.3) is 5.76 Å². The molecule has 2 fully saturated rings. The van der Waals surface area contributed by atoms with Gasteiger partial charge < -0.3 is 15.1 Å². The van der Waals surface area contributed by atoms with Gasteiger partial charge in [0.15, 0.2) is 0 Å². The Morgan fingerprint density at radius 3 is 2.41 bits per heavy atom. The zero-order chi connectivity index (χ0) is 20.7. The van der Waals surface area contributed by atoms with E-state index < -0.39 is 17.7 Å². The number of rotatable bonds is 3. The summed E-state index contributed by atoms with van der Waals surface area (Å²) < 4.78 is 0. The maximum Gasteiger partial charge on any atom is 0.295 e. The average molecular weight is 432 g/mol. The molecular formula is C22H19Cl2NO4. The van der Waals surface area contributed by atoms with Gasteiger partial charge in [0.2, 0.25) is 0 Å². The van der Waals surface area contributed by atoms with Gasteiger partial charge in [-0.1, -0.05) is 54.2 Å². The van der Waals surface area contributed by atoms with Crippen LogP contribution in [0.4, 0.5) is 0 Å². The van der Waals surface area contributed by atoms with E-state index in [1.165, 1.54) is 12.1 Å². The molecule has 2 aromatic carbocycles. The van der Waals surface area contributed by atoms with Crippen molar-refractivity contribution < 1.29 is 19.8 Å². The smallest absolute Gasteiger partial charge is 0.295 e. The number of nitrogens with zero attached hydrogens (tertiary/aromatic N) is 1. The van der Waals surface area contributed by atoms with Gasteiger partial charge in [-0.2, -0.15) is 0 Å². The second-order valence-corrected chi connectivity index (χ2v) is 8.21. The molecule has 4 rings (SSSR count). The number of ketones is 1. The van der Waals surface area contributed by atoms with Crippen molar-refractivity contribution in [2.45, 2.75) is 37.8 Å². The maximum atomic E-state index is 13.0. The Morgan fingerprint density at radius 1 is 1.03 bits per heavy atom. The van der Waals surface area contributed by atoms with Crippen molar-refractivity contribution in [1.29, 1.82) is 0 Å². The first-order valence-corrected chi connectivity index (χ1v) is 10.2. The van der Waals surface area contributed by atoms with Crippen molar-refractivity contribution in [3.05, 3.63) is 69.2 Å². The molecule has 2 aromatic rings. The van der Waals surface area contributed by atoms with Crippen molar-refractivity contribution >= 4 is 40.7 Å². The quantitative estimate of drug-likeness (QED) is 0.404. The van der Waals surface area contributed by atoms with Crippen LogP contribution in [0.5, 0.6) is 5.75 Å². The molecule has 2 N–H and O–H groups in total. The Morgan fingerprint density at radius 2 is 1.76 bits per heavy atom. The normalized spacial score (nSPS) is 21.9. The predicted molar refractivity (Wildman–Crippen MR) is 111 cm³/mol. The molecule has 1 saturated heterocycles. The van der Waals surface area contributed by atoms with Crippen LogP contribution in [-0.4, -0.2) is 32.8 Å². The highest BCUT2D eigenvalue weighted by atomic mass is 35.5. The summed E-state index contributed by atoms with van der Waals surface area (Å²) in [4.78, 5) is 27.5. The summed E-state index contributed by atoms with van der Waals surface area (Å²) in [6.07, 6.45) is 3.55. The predicted octanol–water partition coefficient (Wildman–Crippen LogP) is 5.06. The Kier molecular flexibility index (Phi) is 5.28. The minimum absolute atomic E-state index is 0.00548. The molecule has 0 aromatic heterocycles. The number of aliphatic hydroxyl groups is 1. The number of phenols is 1. The Hall–Kier alpha value is -2.50. The fourth-order valence-corrected chi connectivity index (χ4v) is 4.60. The van der Waals surface area contributed by atoms with Crippen LogP contribution in [0.2, 0.25) is 10.0 Å². The van der Waals surface area contributed by atoms with E-state index in [-0.39, 0.29) is 28.1 Å². The topological polar surface area (TPSA) is 77.8 Å². The molecule has 0 spiro atoms. The van der Waals surface area contributed by atoms with Crippen LogP contribution in [-0.2, 0) is 9.59 Å². The minimum Gasteiger partial charge on any atom is -0.507 e. The average Bonchev–Trinajstić information content (AvgIpc) is 3.31. The van der Waals surface area contributed by atoms with Crippen LogP contribution >= 0.6 is 23.2 Å². The lowest BCUT2D eigenvalue weighted by atomic mass is 9.94. The monoisotopic (exact) mass is 431 g/mol. The summed E-state index contributed by atoms with van der Waals surface area (Å²) in [5.74, 6) is -1.73. The third kappa shape index (κ3) is 3.49. The van der Waals surface area contributed by atoms with Crippen molar-refractivity contribution in [2.24, 2.45) is 0 Å². The lowest BCUT2D eigenvalue weighted by Gasteiger charge is -2.31. The largest absolute Gasteiger partial charge is 0.507 e. The molecule has 1 amide bonds. The standard InChI is InChI=1S/C22H19Cl2NO4/c23-14-5-3-4-13(10-14)20(27)18-19(12-8-9-17(26)16(24)11-12)25(22(29)21(18)28)15-6-1-2-7-15/h3-5,8-11,15,19,26-27H,1-2,6-7H2/b20-18-. The summed E-state index contributed by atoms with van der Waals surface area (Å²) in [6.45, 7) is 0. The van der Waals surface area contributed by atoms with E-state index in [1.807, 2.05) is 0 Å². The van der Waals surface area contributed by atoms with Crippen molar-refractivity contribution in [2.75, 3.05) is 0 Å². The number of aromatic hydroxyl groups is 1. The highest BCUT2D eigenvalue weighted by Gasteiger charge is 2.49. The van der Waals surface area contributed by atoms with Gasteiger partial charge in [-0.25, -0.2) is 0 Å². The van der Waals surface area contributed by atoms with Crippen LogP contribution in [0.1, 0.15) is 42.9 Å².